The maximum absolute atomic E-state index is 12.3. The van der Waals surface area contributed by atoms with Gasteiger partial charge in [0, 0.05) is 37.4 Å². The van der Waals surface area contributed by atoms with Crippen molar-refractivity contribution >= 4 is 28.8 Å². The molecule has 114 valence electrons. The molecule has 2 rings (SSSR count). The zero-order valence-corrected chi connectivity index (χ0v) is 13.3. The Kier molecular flexibility index (Phi) is 5.27. The molecule has 0 spiro atoms. The molecule has 6 heteroatoms. The lowest BCUT2D eigenvalue weighted by atomic mass is 10.2. The van der Waals surface area contributed by atoms with Gasteiger partial charge in [-0.3, -0.25) is 9.69 Å². The second-order valence-corrected chi connectivity index (χ2v) is 5.89. The van der Waals surface area contributed by atoms with E-state index in [0.717, 1.165) is 37.4 Å². The number of carbonyl (C=O) groups is 1. The van der Waals surface area contributed by atoms with E-state index in [9.17, 15) is 4.79 Å². The van der Waals surface area contributed by atoms with Gasteiger partial charge in [-0.1, -0.05) is 12.2 Å². The van der Waals surface area contributed by atoms with Crippen LogP contribution in [0.15, 0.2) is 24.3 Å². The van der Waals surface area contributed by atoms with Crippen molar-refractivity contribution in [2.45, 2.75) is 13.0 Å². The quantitative estimate of drug-likeness (QED) is 0.809. The Morgan fingerprint density at radius 1 is 1.24 bits per heavy atom. The minimum atomic E-state index is -0.131. The summed E-state index contributed by atoms with van der Waals surface area (Å²) in [5.74, 6) is 0.0163. The van der Waals surface area contributed by atoms with Crippen LogP contribution < -0.4 is 11.1 Å². The van der Waals surface area contributed by atoms with Crippen molar-refractivity contribution in [3.63, 3.8) is 0 Å². The maximum Gasteiger partial charge on any atom is 0.241 e. The highest BCUT2D eigenvalue weighted by atomic mass is 32.1. The fourth-order valence-corrected chi connectivity index (χ4v) is 2.48. The van der Waals surface area contributed by atoms with Crippen molar-refractivity contribution in [3.05, 3.63) is 29.8 Å². The predicted octanol–water partition coefficient (Wildman–Crippen LogP) is 0.895. The van der Waals surface area contributed by atoms with Crippen molar-refractivity contribution in [2.24, 2.45) is 5.73 Å². The first kappa shape index (κ1) is 15.9. The van der Waals surface area contributed by atoms with Crippen LogP contribution in [0.1, 0.15) is 12.5 Å². The molecule has 1 amide bonds. The van der Waals surface area contributed by atoms with Crippen LogP contribution in [0.2, 0.25) is 0 Å². The van der Waals surface area contributed by atoms with Gasteiger partial charge in [-0.05, 0) is 38.2 Å². The Morgan fingerprint density at radius 2 is 1.81 bits per heavy atom. The van der Waals surface area contributed by atoms with Crippen LogP contribution in [0.5, 0.6) is 0 Å². The minimum Gasteiger partial charge on any atom is -0.389 e. The van der Waals surface area contributed by atoms with Gasteiger partial charge >= 0.3 is 0 Å². The summed E-state index contributed by atoms with van der Waals surface area (Å²) in [5.41, 5.74) is 7.12. The number of hydrogen-bond donors (Lipinski definition) is 2. The summed E-state index contributed by atoms with van der Waals surface area (Å²) in [6, 6.07) is 7.15. The van der Waals surface area contributed by atoms with Gasteiger partial charge in [-0.15, -0.1) is 0 Å². The summed E-state index contributed by atoms with van der Waals surface area (Å²) >= 11 is 4.91. The minimum absolute atomic E-state index is 0.0163. The molecular formula is C15H22N4OS. The van der Waals surface area contributed by atoms with Gasteiger partial charge in [0.1, 0.15) is 4.99 Å². The van der Waals surface area contributed by atoms with Crippen LogP contribution in [0.3, 0.4) is 0 Å². The second-order valence-electron chi connectivity index (χ2n) is 5.45. The highest BCUT2D eigenvalue weighted by Crippen LogP contribution is 2.12. The first-order valence-corrected chi connectivity index (χ1v) is 7.51. The lowest BCUT2D eigenvalue weighted by molar-refractivity contribution is -0.121. The van der Waals surface area contributed by atoms with Crippen molar-refractivity contribution in [3.8, 4) is 0 Å². The number of carbonyl (C=O) groups excluding carboxylic acids is 1. The number of hydrogen-bond acceptors (Lipinski definition) is 4. The third-order valence-electron chi connectivity index (χ3n) is 3.90. The molecule has 5 nitrogen and oxygen atoms in total. The zero-order chi connectivity index (χ0) is 15.4. The van der Waals surface area contributed by atoms with E-state index in [1.807, 2.05) is 31.2 Å². The molecule has 21 heavy (non-hydrogen) atoms. The van der Waals surface area contributed by atoms with Crippen LogP contribution in [0.25, 0.3) is 0 Å². The normalized spacial score (nSPS) is 18.2. The predicted molar refractivity (Wildman–Crippen MR) is 89.5 cm³/mol. The molecule has 0 saturated carbocycles. The standard InChI is InChI=1S/C15H22N4OS/c1-11(19-9-7-18(2)8-10-19)15(20)17-13-5-3-12(4-6-13)14(16)21/h3-6,11H,7-10H2,1-2H3,(H2,16,21)(H,17,20). The number of likely N-dealkylation sites (N-methyl/N-ethyl adjacent to an activating group) is 1. The number of nitrogens with two attached hydrogens (primary N) is 1. The topological polar surface area (TPSA) is 61.6 Å². The molecule has 1 atom stereocenters. The molecule has 1 aliphatic heterocycles. The van der Waals surface area contributed by atoms with Crippen LogP contribution in [0, 0.1) is 0 Å². The van der Waals surface area contributed by atoms with Crippen LogP contribution in [-0.2, 0) is 4.79 Å². The van der Waals surface area contributed by atoms with E-state index in [4.69, 9.17) is 18.0 Å². The van der Waals surface area contributed by atoms with Gasteiger partial charge < -0.3 is 16.0 Å². The molecule has 1 aliphatic rings. The Balaban J connectivity index is 1.92. The van der Waals surface area contributed by atoms with Crippen molar-refractivity contribution in [2.75, 3.05) is 38.5 Å². The van der Waals surface area contributed by atoms with Gasteiger partial charge in [0.15, 0.2) is 0 Å². The monoisotopic (exact) mass is 306 g/mol. The van der Waals surface area contributed by atoms with Crippen LogP contribution >= 0.6 is 12.2 Å². The lowest BCUT2D eigenvalue weighted by Crippen LogP contribution is -2.51. The summed E-state index contributed by atoms with van der Waals surface area (Å²) in [5, 5.41) is 2.94. The maximum atomic E-state index is 12.3. The van der Waals surface area contributed by atoms with Gasteiger partial charge in [0.25, 0.3) is 0 Å². The molecule has 1 saturated heterocycles. The van der Waals surface area contributed by atoms with E-state index < -0.39 is 0 Å². The summed E-state index contributed by atoms with van der Waals surface area (Å²) in [6.45, 7) is 5.79. The summed E-state index contributed by atoms with van der Waals surface area (Å²) < 4.78 is 0. The molecule has 0 aromatic heterocycles. The number of piperazine rings is 1. The average Bonchev–Trinajstić information content (AvgIpc) is 2.47. The van der Waals surface area contributed by atoms with Crippen molar-refractivity contribution in [1.82, 2.24) is 9.80 Å². The first-order chi connectivity index (χ1) is 9.97. The molecular weight excluding hydrogens is 284 g/mol. The summed E-state index contributed by atoms with van der Waals surface area (Å²) in [4.78, 5) is 17.1. The molecule has 1 unspecified atom stereocenters. The van der Waals surface area contributed by atoms with Gasteiger partial charge in [-0.2, -0.15) is 0 Å². The molecule has 0 aliphatic carbocycles. The largest absolute Gasteiger partial charge is 0.389 e. The van der Waals surface area contributed by atoms with Gasteiger partial charge in [0.2, 0.25) is 5.91 Å². The van der Waals surface area contributed by atoms with Gasteiger partial charge in [-0.25, -0.2) is 0 Å². The SMILES string of the molecule is CC(C(=O)Nc1ccc(C(N)=S)cc1)N1CCN(C)CC1. The lowest BCUT2D eigenvalue weighted by Gasteiger charge is -2.35. The number of amides is 1. The molecule has 1 aromatic carbocycles. The van der Waals surface area contributed by atoms with E-state index >= 15 is 0 Å². The fourth-order valence-electron chi connectivity index (χ4n) is 2.34. The van der Waals surface area contributed by atoms with Gasteiger partial charge in [0.05, 0.1) is 6.04 Å². The van der Waals surface area contributed by atoms with Crippen LogP contribution in [0.4, 0.5) is 5.69 Å². The number of anilines is 1. The number of nitrogens with zero attached hydrogens (tertiary/aromatic N) is 2. The van der Waals surface area contributed by atoms with Crippen molar-refractivity contribution < 1.29 is 4.79 Å². The van der Waals surface area contributed by atoms with Crippen molar-refractivity contribution in [1.29, 1.82) is 0 Å². The van der Waals surface area contributed by atoms with E-state index in [0.29, 0.717) is 4.99 Å². The first-order valence-electron chi connectivity index (χ1n) is 7.10. The fraction of sp³-hybridized carbons (Fsp3) is 0.467. The molecule has 0 bridgehead atoms. The molecule has 3 N–H and O–H groups in total. The smallest absolute Gasteiger partial charge is 0.241 e. The molecule has 1 fully saturated rings. The second kappa shape index (κ2) is 6.98. The average molecular weight is 306 g/mol. The van der Waals surface area contributed by atoms with E-state index in [-0.39, 0.29) is 11.9 Å². The Labute approximate surface area is 131 Å². The molecule has 0 radical (unpaired) electrons. The highest BCUT2D eigenvalue weighted by molar-refractivity contribution is 7.80. The Hall–Kier alpha value is -1.50. The number of thiocarbonyl (C=S) groups is 1. The van der Waals surface area contributed by atoms with E-state index in [1.54, 1.807) is 0 Å². The Morgan fingerprint density at radius 3 is 2.33 bits per heavy atom. The number of rotatable bonds is 4. The Bertz CT molecular complexity index is 509. The molecule has 1 aromatic rings. The third-order valence-corrected chi connectivity index (χ3v) is 4.14. The summed E-state index contributed by atoms with van der Waals surface area (Å²) in [7, 11) is 2.10. The van der Waals surface area contributed by atoms with Crippen LogP contribution in [-0.4, -0.2) is 60.0 Å². The number of benzene rings is 1. The zero-order valence-electron chi connectivity index (χ0n) is 12.5. The summed E-state index contributed by atoms with van der Waals surface area (Å²) in [6.07, 6.45) is 0. The molecule has 1 heterocycles. The number of nitrogens with one attached hydrogen (secondary N) is 1. The van der Waals surface area contributed by atoms with E-state index in [1.165, 1.54) is 0 Å². The third kappa shape index (κ3) is 4.23. The van der Waals surface area contributed by atoms with E-state index in [2.05, 4.69) is 22.2 Å². The highest BCUT2D eigenvalue weighted by Gasteiger charge is 2.24.